The minimum atomic E-state index is -0.0638. The highest BCUT2D eigenvalue weighted by Crippen LogP contribution is 2.35. The van der Waals surface area contributed by atoms with E-state index in [2.05, 4.69) is 10.6 Å². The summed E-state index contributed by atoms with van der Waals surface area (Å²) < 4.78 is 11.3. The topological polar surface area (TPSA) is 72.5 Å². The Morgan fingerprint density at radius 3 is 2.63 bits per heavy atom. The molecule has 2 aliphatic heterocycles. The Kier molecular flexibility index (Phi) is 7.02. The number of rotatable bonds is 3. The summed E-state index contributed by atoms with van der Waals surface area (Å²) in [5, 5.41) is 7.28. The maximum absolute atomic E-state index is 13.0. The molecule has 2 N–H and O–H groups in total. The largest absolute Gasteiger partial charge is 0.486 e. The standard InChI is InChI=1S/C22H21N3O3.2ClH/c26-22(24-15-7-8-23-13-15)17-12-19(25-18-4-2-1-3-16(17)18)14-5-6-20-21(11-14)28-10-9-27-20;;/h1-6,11-12,15,23H,7-10,13H2,(H,24,26);2*1H. The molecule has 3 aromatic rings. The Morgan fingerprint density at radius 2 is 1.83 bits per heavy atom. The summed E-state index contributed by atoms with van der Waals surface area (Å²) >= 11 is 0. The zero-order chi connectivity index (χ0) is 18.9. The van der Waals surface area contributed by atoms with E-state index in [-0.39, 0.29) is 36.8 Å². The van der Waals surface area contributed by atoms with Crippen molar-refractivity contribution in [1.29, 1.82) is 0 Å². The molecule has 0 spiro atoms. The molecule has 30 heavy (non-hydrogen) atoms. The molecule has 0 saturated carbocycles. The molecule has 1 aromatic heterocycles. The summed E-state index contributed by atoms with van der Waals surface area (Å²) in [4.78, 5) is 17.8. The molecule has 158 valence electrons. The highest BCUT2D eigenvalue weighted by molar-refractivity contribution is 6.07. The lowest BCUT2D eigenvalue weighted by atomic mass is 10.0. The molecule has 6 nitrogen and oxygen atoms in total. The second kappa shape index (κ2) is 9.51. The van der Waals surface area contributed by atoms with E-state index >= 15 is 0 Å². The van der Waals surface area contributed by atoms with Crippen molar-refractivity contribution in [3.05, 3.63) is 54.1 Å². The number of amides is 1. The molecule has 1 atom stereocenters. The van der Waals surface area contributed by atoms with Crippen LogP contribution in [0, 0.1) is 0 Å². The van der Waals surface area contributed by atoms with Crippen molar-refractivity contribution in [3.8, 4) is 22.8 Å². The smallest absolute Gasteiger partial charge is 0.252 e. The number of halogens is 2. The molecule has 0 bridgehead atoms. The van der Waals surface area contributed by atoms with Crippen molar-refractivity contribution in [2.24, 2.45) is 0 Å². The van der Waals surface area contributed by atoms with Crippen molar-refractivity contribution in [2.45, 2.75) is 12.5 Å². The minimum absolute atomic E-state index is 0. The predicted octanol–water partition coefficient (Wildman–Crippen LogP) is 3.61. The first-order valence-corrected chi connectivity index (χ1v) is 9.59. The summed E-state index contributed by atoms with van der Waals surface area (Å²) in [6.45, 7) is 2.83. The van der Waals surface area contributed by atoms with Gasteiger partial charge in [-0.3, -0.25) is 4.79 Å². The van der Waals surface area contributed by atoms with Crippen LogP contribution >= 0.6 is 24.8 Å². The molecule has 1 amide bonds. The van der Waals surface area contributed by atoms with Crippen LogP contribution in [0.4, 0.5) is 0 Å². The first kappa shape index (κ1) is 22.2. The number of nitrogens with zero attached hydrogens (tertiary/aromatic N) is 1. The monoisotopic (exact) mass is 447 g/mol. The lowest BCUT2D eigenvalue weighted by Crippen LogP contribution is -2.36. The summed E-state index contributed by atoms with van der Waals surface area (Å²) in [5.74, 6) is 1.38. The highest BCUT2D eigenvalue weighted by atomic mass is 35.5. The fourth-order valence-electron chi connectivity index (χ4n) is 3.75. The number of aromatic nitrogens is 1. The number of pyridine rings is 1. The number of hydrogen-bond donors (Lipinski definition) is 2. The molecule has 8 heteroatoms. The van der Waals surface area contributed by atoms with Crippen molar-refractivity contribution in [3.63, 3.8) is 0 Å². The molecule has 2 aromatic carbocycles. The van der Waals surface area contributed by atoms with Gasteiger partial charge in [-0.25, -0.2) is 4.98 Å². The fourth-order valence-corrected chi connectivity index (χ4v) is 3.75. The van der Waals surface area contributed by atoms with Crippen molar-refractivity contribution >= 4 is 41.6 Å². The van der Waals surface area contributed by atoms with E-state index in [1.165, 1.54) is 0 Å². The van der Waals surface area contributed by atoms with Gasteiger partial charge in [-0.05, 0) is 43.3 Å². The van der Waals surface area contributed by atoms with Crippen LogP contribution in [0.25, 0.3) is 22.2 Å². The average Bonchev–Trinajstić information content (AvgIpc) is 3.25. The Labute approximate surface area is 187 Å². The third-order valence-corrected chi connectivity index (χ3v) is 5.19. The number of carbonyl (C=O) groups excluding carboxylic acids is 1. The first-order chi connectivity index (χ1) is 13.8. The van der Waals surface area contributed by atoms with E-state index in [0.29, 0.717) is 24.5 Å². The van der Waals surface area contributed by atoms with Gasteiger partial charge in [-0.15, -0.1) is 24.8 Å². The first-order valence-electron chi connectivity index (χ1n) is 9.59. The lowest BCUT2D eigenvalue weighted by Gasteiger charge is -2.19. The SMILES string of the molecule is Cl.Cl.O=C(NC1CCNC1)c1cc(-c2ccc3c(c2)OCCO3)nc2ccccc12. The molecule has 1 saturated heterocycles. The Hall–Kier alpha value is -2.54. The molecule has 1 unspecified atom stereocenters. The summed E-state index contributed by atoms with van der Waals surface area (Å²) in [5.41, 5.74) is 3.07. The number of carbonyl (C=O) groups is 1. The molecule has 5 rings (SSSR count). The second-order valence-corrected chi connectivity index (χ2v) is 7.09. The third-order valence-electron chi connectivity index (χ3n) is 5.19. The van der Waals surface area contributed by atoms with Gasteiger partial charge in [0.2, 0.25) is 0 Å². The van der Waals surface area contributed by atoms with Crippen molar-refractivity contribution < 1.29 is 14.3 Å². The molecule has 2 aliphatic rings. The van der Waals surface area contributed by atoms with E-state index in [0.717, 1.165) is 47.4 Å². The zero-order valence-electron chi connectivity index (χ0n) is 16.2. The number of fused-ring (bicyclic) bond motifs is 2. The lowest BCUT2D eigenvalue weighted by molar-refractivity contribution is 0.0941. The van der Waals surface area contributed by atoms with Gasteiger partial charge in [-0.2, -0.15) is 0 Å². The molecule has 0 radical (unpaired) electrons. The molecule has 3 heterocycles. The van der Waals surface area contributed by atoms with Gasteiger partial charge in [-0.1, -0.05) is 18.2 Å². The Morgan fingerprint density at radius 1 is 1.03 bits per heavy atom. The van der Waals surface area contributed by atoms with Crippen LogP contribution in [0.15, 0.2) is 48.5 Å². The summed E-state index contributed by atoms with van der Waals surface area (Å²) in [6, 6.07) is 15.5. The molecule has 1 fully saturated rings. The van der Waals surface area contributed by atoms with E-state index in [9.17, 15) is 4.79 Å². The van der Waals surface area contributed by atoms with Crippen molar-refractivity contribution in [2.75, 3.05) is 26.3 Å². The maximum atomic E-state index is 13.0. The van der Waals surface area contributed by atoms with Gasteiger partial charge in [0.1, 0.15) is 13.2 Å². The van der Waals surface area contributed by atoms with Crippen LogP contribution in [0.2, 0.25) is 0 Å². The number of nitrogens with one attached hydrogen (secondary N) is 2. The number of para-hydroxylation sites is 1. The highest BCUT2D eigenvalue weighted by Gasteiger charge is 2.21. The fraction of sp³-hybridized carbons (Fsp3) is 0.273. The van der Waals surface area contributed by atoms with Crippen LogP contribution in [0.5, 0.6) is 11.5 Å². The van der Waals surface area contributed by atoms with E-state index < -0.39 is 0 Å². The minimum Gasteiger partial charge on any atom is -0.486 e. The van der Waals surface area contributed by atoms with Gasteiger partial charge in [0.05, 0.1) is 16.8 Å². The van der Waals surface area contributed by atoms with Gasteiger partial charge in [0, 0.05) is 23.5 Å². The van der Waals surface area contributed by atoms with Gasteiger partial charge in [0.25, 0.3) is 5.91 Å². The number of benzene rings is 2. The van der Waals surface area contributed by atoms with Crippen LogP contribution in [-0.2, 0) is 0 Å². The molecular formula is C22H23Cl2N3O3. The second-order valence-electron chi connectivity index (χ2n) is 7.09. The van der Waals surface area contributed by atoms with Gasteiger partial charge < -0.3 is 20.1 Å². The Balaban J connectivity index is 0.00000128. The summed E-state index contributed by atoms with van der Waals surface area (Å²) in [7, 11) is 0. The van der Waals surface area contributed by atoms with Crippen LogP contribution in [0.1, 0.15) is 16.8 Å². The third kappa shape index (κ3) is 4.31. The van der Waals surface area contributed by atoms with Crippen molar-refractivity contribution in [1.82, 2.24) is 15.6 Å². The maximum Gasteiger partial charge on any atom is 0.252 e. The zero-order valence-corrected chi connectivity index (χ0v) is 17.9. The Bertz CT molecular complexity index is 1050. The van der Waals surface area contributed by atoms with Gasteiger partial charge in [0.15, 0.2) is 11.5 Å². The normalized spacial score (nSPS) is 17.0. The average molecular weight is 448 g/mol. The molecule has 0 aliphatic carbocycles. The van der Waals surface area contributed by atoms with E-state index in [1.54, 1.807) is 0 Å². The quantitative estimate of drug-likeness (QED) is 0.641. The molecular weight excluding hydrogens is 425 g/mol. The number of ether oxygens (including phenoxy) is 2. The summed E-state index contributed by atoms with van der Waals surface area (Å²) in [6.07, 6.45) is 0.948. The predicted molar refractivity (Wildman–Crippen MR) is 121 cm³/mol. The number of hydrogen-bond acceptors (Lipinski definition) is 5. The van der Waals surface area contributed by atoms with Crippen LogP contribution in [-0.4, -0.2) is 43.2 Å². The van der Waals surface area contributed by atoms with E-state index in [4.69, 9.17) is 14.5 Å². The van der Waals surface area contributed by atoms with E-state index in [1.807, 2.05) is 48.5 Å². The van der Waals surface area contributed by atoms with Gasteiger partial charge >= 0.3 is 0 Å². The van der Waals surface area contributed by atoms with Crippen LogP contribution < -0.4 is 20.1 Å². The van der Waals surface area contributed by atoms with Crippen LogP contribution in [0.3, 0.4) is 0 Å².